The van der Waals surface area contributed by atoms with Crippen molar-refractivity contribution in [3.63, 3.8) is 0 Å². The smallest absolute Gasteiger partial charge is 0.273 e. The molecule has 1 atom stereocenters. The zero-order valence-corrected chi connectivity index (χ0v) is 8.50. The van der Waals surface area contributed by atoms with E-state index in [1.165, 1.54) is 0 Å². The van der Waals surface area contributed by atoms with Crippen LogP contribution >= 0.6 is 0 Å². The molecule has 0 aromatic heterocycles. The Labute approximate surface area is 78.1 Å². The Balaban J connectivity index is 4.22. The molecule has 3 N–H and O–H groups in total. The fourth-order valence-electron chi connectivity index (χ4n) is 0.617. The first-order valence-electron chi connectivity index (χ1n) is 4.11. The van der Waals surface area contributed by atoms with Crippen LogP contribution in [0.1, 0.15) is 27.7 Å². The van der Waals surface area contributed by atoms with Crippen LogP contribution in [0.5, 0.6) is 0 Å². The van der Waals surface area contributed by atoms with Gasteiger partial charge in [0, 0.05) is 6.04 Å². The number of nitrogens with two attached hydrogens (primary N) is 1. The Bertz CT molecular complexity index is 218. The van der Waals surface area contributed by atoms with Crippen molar-refractivity contribution in [2.45, 2.75) is 33.7 Å². The molecule has 0 heterocycles. The first kappa shape index (κ1) is 11.7. The lowest BCUT2D eigenvalue weighted by atomic mass is 9.88. The maximum atomic E-state index is 10.1. The van der Waals surface area contributed by atoms with E-state index in [1.54, 1.807) is 0 Å². The van der Waals surface area contributed by atoms with Crippen LogP contribution in [0.25, 0.3) is 0 Å². The third-order valence-corrected chi connectivity index (χ3v) is 1.93. The number of hydrogen-bond acceptors (Lipinski definition) is 4. The Morgan fingerprint density at radius 3 is 2.38 bits per heavy atom. The second kappa shape index (κ2) is 4.11. The zero-order chi connectivity index (χ0) is 10.6. The van der Waals surface area contributed by atoms with Gasteiger partial charge >= 0.3 is 0 Å². The van der Waals surface area contributed by atoms with E-state index in [-0.39, 0.29) is 17.3 Å². The molecule has 0 saturated carbocycles. The predicted octanol–water partition coefficient (Wildman–Crippen LogP) is 1.04. The average Bonchev–Trinajstić information content (AvgIpc) is 1.82. The molecular formula is C8H17N3O2. The zero-order valence-electron chi connectivity index (χ0n) is 8.50. The molecule has 5 nitrogen and oxygen atoms in total. The molecule has 0 amide bonds. The van der Waals surface area contributed by atoms with Crippen molar-refractivity contribution < 1.29 is 4.92 Å². The van der Waals surface area contributed by atoms with Crippen LogP contribution in [0.15, 0.2) is 12.0 Å². The van der Waals surface area contributed by atoms with Gasteiger partial charge in [-0.1, -0.05) is 20.8 Å². The molecule has 0 spiro atoms. The summed E-state index contributed by atoms with van der Waals surface area (Å²) in [4.78, 5) is 9.48. The molecule has 1 unspecified atom stereocenters. The van der Waals surface area contributed by atoms with Gasteiger partial charge in [0.2, 0.25) is 0 Å². The fraction of sp³-hybridized carbons (Fsp3) is 0.750. The molecule has 0 aliphatic heterocycles. The van der Waals surface area contributed by atoms with Crippen LogP contribution in [-0.4, -0.2) is 11.0 Å². The van der Waals surface area contributed by atoms with Crippen molar-refractivity contribution in [1.82, 2.24) is 5.32 Å². The van der Waals surface area contributed by atoms with Gasteiger partial charge in [-0.15, -0.1) is 0 Å². The molecule has 0 rings (SSSR count). The first-order chi connectivity index (χ1) is 5.73. The quantitative estimate of drug-likeness (QED) is 0.511. The summed E-state index contributed by atoms with van der Waals surface area (Å²) in [6.07, 6.45) is 0.766. The van der Waals surface area contributed by atoms with E-state index in [4.69, 9.17) is 5.73 Å². The van der Waals surface area contributed by atoms with Gasteiger partial charge in [-0.3, -0.25) is 10.1 Å². The van der Waals surface area contributed by atoms with Crippen LogP contribution in [-0.2, 0) is 0 Å². The molecule has 0 aliphatic carbocycles. The molecule has 0 aromatic rings. The summed E-state index contributed by atoms with van der Waals surface area (Å²) < 4.78 is 0. The van der Waals surface area contributed by atoms with Crippen LogP contribution in [0.2, 0.25) is 0 Å². The Kier molecular flexibility index (Phi) is 3.71. The molecule has 0 bridgehead atoms. The van der Waals surface area contributed by atoms with E-state index in [0.29, 0.717) is 0 Å². The van der Waals surface area contributed by atoms with Crippen LogP contribution in [0.3, 0.4) is 0 Å². The van der Waals surface area contributed by atoms with Crippen molar-refractivity contribution >= 4 is 0 Å². The Morgan fingerprint density at radius 2 is 2.08 bits per heavy atom. The molecule has 0 aliphatic rings. The van der Waals surface area contributed by atoms with Gasteiger partial charge in [-0.2, -0.15) is 0 Å². The molecule has 0 radical (unpaired) electrons. The predicted molar refractivity (Wildman–Crippen MR) is 51.3 cm³/mol. The van der Waals surface area contributed by atoms with E-state index in [9.17, 15) is 10.1 Å². The van der Waals surface area contributed by atoms with E-state index in [2.05, 4.69) is 5.32 Å². The summed E-state index contributed by atoms with van der Waals surface area (Å²) in [5.41, 5.74) is 5.40. The second-order valence-corrected chi connectivity index (χ2v) is 4.10. The number of rotatable bonds is 3. The Hall–Kier alpha value is -1.26. The molecule has 5 heteroatoms. The minimum atomic E-state index is -0.572. The van der Waals surface area contributed by atoms with Crippen LogP contribution in [0, 0.1) is 15.5 Å². The van der Waals surface area contributed by atoms with E-state index in [1.807, 2.05) is 27.7 Å². The van der Waals surface area contributed by atoms with E-state index < -0.39 is 4.92 Å². The molecule has 13 heavy (non-hydrogen) atoms. The van der Waals surface area contributed by atoms with Gasteiger partial charge in [-0.25, -0.2) is 0 Å². The standard InChI is InChI=1S/C8H17N3O2/c1-6(8(2,3)4)10-7(9)5-11(12)13/h5-6,10H,9H2,1-4H3. The molecule has 76 valence electrons. The summed E-state index contributed by atoms with van der Waals surface area (Å²) in [5, 5.41) is 12.9. The number of hydrogen-bond donors (Lipinski definition) is 2. The average molecular weight is 187 g/mol. The van der Waals surface area contributed by atoms with Crippen LogP contribution in [0.4, 0.5) is 0 Å². The molecule has 0 saturated heterocycles. The summed E-state index contributed by atoms with van der Waals surface area (Å²) in [6, 6.07) is 0.0868. The van der Waals surface area contributed by atoms with Crippen molar-refractivity contribution in [3.05, 3.63) is 22.1 Å². The highest BCUT2D eigenvalue weighted by Gasteiger charge is 2.20. The summed E-state index contributed by atoms with van der Waals surface area (Å²) in [6.45, 7) is 8.03. The highest BCUT2D eigenvalue weighted by molar-refractivity contribution is 4.92. The number of nitro groups is 1. The van der Waals surface area contributed by atoms with Crippen LogP contribution < -0.4 is 11.1 Å². The van der Waals surface area contributed by atoms with Crippen molar-refractivity contribution in [3.8, 4) is 0 Å². The van der Waals surface area contributed by atoms with Gasteiger partial charge in [0.1, 0.15) is 0 Å². The highest BCUT2D eigenvalue weighted by atomic mass is 16.6. The maximum absolute atomic E-state index is 10.1. The van der Waals surface area contributed by atoms with Gasteiger partial charge in [0.25, 0.3) is 6.20 Å². The van der Waals surface area contributed by atoms with Gasteiger partial charge < -0.3 is 11.1 Å². The third-order valence-electron chi connectivity index (χ3n) is 1.93. The lowest BCUT2D eigenvalue weighted by Gasteiger charge is -2.28. The maximum Gasteiger partial charge on any atom is 0.273 e. The third kappa shape index (κ3) is 5.05. The molecule has 0 aromatic carbocycles. The second-order valence-electron chi connectivity index (χ2n) is 4.10. The number of nitrogens with zero attached hydrogens (tertiary/aromatic N) is 1. The van der Waals surface area contributed by atoms with Gasteiger partial charge in [0.05, 0.1) is 4.92 Å². The normalized spacial score (nSPS) is 15.2. The fourth-order valence-corrected chi connectivity index (χ4v) is 0.617. The van der Waals surface area contributed by atoms with Crippen molar-refractivity contribution in [2.24, 2.45) is 11.1 Å². The van der Waals surface area contributed by atoms with Gasteiger partial charge in [0.15, 0.2) is 5.82 Å². The topological polar surface area (TPSA) is 81.2 Å². The summed E-state index contributed by atoms with van der Waals surface area (Å²) >= 11 is 0. The lowest BCUT2D eigenvalue weighted by molar-refractivity contribution is -0.403. The summed E-state index contributed by atoms with van der Waals surface area (Å²) in [7, 11) is 0. The highest BCUT2D eigenvalue weighted by Crippen LogP contribution is 2.18. The number of nitrogens with one attached hydrogen (secondary N) is 1. The monoisotopic (exact) mass is 187 g/mol. The summed E-state index contributed by atoms with van der Waals surface area (Å²) in [5.74, 6) is 0.0902. The Morgan fingerprint density at radius 1 is 1.62 bits per heavy atom. The van der Waals surface area contributed by atoms with E-state index in [0.717, 1.165) is 6.20 Å². The lowest BCUT2D eigenvalue weighted by Crippen LogP contribution is -2.39. The van der Waals surface area contributed by atoms with E-state index >= 15 is 0 Å². The van der Waals surface area contributed by atoms with Crippen molar-refractivity contribution in [1.29, 1.82) is 0 Å². The SMILES string of the molecule is CC(NC(N)=C[N+](=O)[O-])C(C)(C)C. The minimum Gasteiger partial charge on any atom is -0.380 e. The largest absolute Gasteiger partial charge is 0.380 e. The van der Waals surface area contributed by atoms with Crippen molar-refractivity contribution in [2.75, 3.05) is 0 Å². The molecule has 0 fully saturated rings. The minimum absolute atomic E-state index is 0.0229. The first-order valence-corrected chi connectivity index (χ1v) is 4.11. The molecular weight excluding hydrogens is 170 g/mol. The van der Waals surface area contributed by atoms with Gasteiger partial charge in [-0.05, 0) is 12.3 Å².